The van der Waals surface area contributed by atoms with Gasteiger partial charge in [-0.1, -0.05) is 31.5 Å². The zero-order valence-electron chi connectivity index (χ0n) is 14.4. The molecule has 0 aliphatic carbocycles. The Balaban J connectivity index is 1.96. The number of aliphatic imine (C=N–C) groups is 1. The van der Waals surface area contributed by atoms with Crippen LogP contribution in [0.5, 0.6) is 0 Å². The Labute approximate surface area is 151 Å². The first-order chi connectivity index (χ1) is 12.2. The SMILES string of the molecule is CCCC1=Nc2[nH]ncc2C2(CSc3ccccc32)C1C(=O)OCC. The summed E-state index contributed by atoms with van der Waals surface area (Å²) in [4.78, 5) is 19.0. The predicted molar refractivity (Wildman–Crippen MR) is 98.7 cm³/mol. The lowest BCUT2D eigenvalue weighted by molar-refractivity contribution is -0.147. The molecule has 2 aromatic rings. The number of aromatic amines is 1. The first-order valence-corrected chi connectivity index (χ1v) is 9.71. The molecule has 0 fully saturated rings. The van der Waals surface area contributed by atoms with Crippen LogP contribution in [0.4, 0.5) is 5.82 Å². The summed E-state index contributed by atoms with van der Waals surface area (Å²) in [6.07, 6.45) is 3.54. The molecule has 2 atom stereocenters. The van der Waals surface area contributed by atoms with E-state index in [9.17, 15) is 4.79 Å². The summed E-state index contributed by atoms with van der Waals surface area (Å²) >= 11 is 1.80. The van der Waals surface area contributed by atoms with Crippen LogP contribution in [0.25, 0.3) is 0 Å². The van der Waals surface area contributed by atoms with Crippen molar-refractivity contribution in [2.45, 2.75) is 37.0 Å². The minimum Gasteiger partial charge on any atom is -0.465 e. The van der Waals surface area contributed by atoms with Gasteiger partial charge in [-0.15, -0.1) is 11.8 Å². The maximum atomic E-state index is 13.0. The van der Waals surface area contributed by atoms with Crippen LogP contribution in [0, 0.1) is 5.92 Å². The van der Waals surface area contributed by atoms with E-state index in [1.807, 2.05) is 25.3 Å². The van der Waals surface area contributed by atoms with Crippen molar-refractivity contribution in [3.63, 3.8) is 0 Å². The van der Waals surface area contributed by atoms with Gasteiger partial charge < -0.3 is 4.74 Å². The molecule has 0 amide bonds. The molecular weight excluding hydrogens is 334 g/mol. The van der Waals surface area contributed by atoms with Crippen LogP contribution >= 0.6 is 11.8 Å². The number of nitrogens with one attached hydrogen (secondary N) is 1. The van der Waals surface area contributed by atoms with Gasteiger partial charge in [-0.25, -0.2) is 4.99 Å². The number of carbonyl (C=O) groups excluding carboxylic acids is 1. The largest absolute Gasteiger partial charge is 0.465 e. The van der Waals surface area contributed by atoms with E-state index in [0.717, 1.165) is 35.7 Å². The molecule has 0 bridgehead atoms. The highest BCUT2D eigenvalue weighted by atomic mass is 32.2. The van der Waals surface area contributed by atoms with E-state index in [4.69, 9.17) is 9.73 Å². The van der Waals surface area contributed by atoms with Gasteiger partial charge in [-0.2, -0.15) is 5.10 Å². The molecule has 4 rings (SSSR count). The highest BCUT2D eigenvalue weighted by molar-refractivity contribution is 7.99. The van der Waals surface area contributed by atoms with Crippen LogP contribution in [0.15, 0.2) is 40.4 Å². The monoisotopic (exact) mass is 355 g/mol. The molecule has 1 N–H and O–H groups in total. The Bertz CT molecular complexity index is 845. The first kappa shape index (κ1) is 16.4. The molecular formula is C19H21N3O2S. The second-order valence-corrected chi connectivity index (χ2v) is 7.44. The summed E-state index contributed by atoms with van der Waals surface area (Å²) < 4.78 is 5.49. The summed E-state index contributed by atoms with van der Waals surface area (Å²) in [5, 5.41) is 7.26. The molecule has 1 aromatic heterocycles. The quantitative estimate of drug-likeness (QED) is 0.846. The van der Waals surface area contributed by atoms with Crippen LogP contribution in [0.2, 0.25) is 0 Å². The van der Waals surface area contributed by atoms with Crippen molar-refractivity contribution in [1.29, 1.82) is 0 Å². The van der Waals surface area contributed by atoms with Crippen molar-refractivity contribution in [1.82, 2.24) is 10.2 Å². The smallest absolute Gasteiger partial charge is 0.315 e. The Morgan fingerprint density at radius 2 is 2.20 bits per heavy atom. The Morgan fingerprint density at radius 1 is 1.36 bits per heavy atom. The summed E-state index contributed by atoms with van der Waals surface area (Å²) in [6.45, 7) is 4.33. The number of esters is 1. The van der Waals surface area contributed by atoms with Crippen LogP contribution in [-0.4, -0.2) is 34.2 Å². The number of thioether (sulfide) groups is 1. The van der Waals surface area contributed by atoms with Crippen LogP contribution in [-0.2, 0) is 14.9 Å². The zero-order valence-corrected chi connectivity index (χ0v) is 15.2. The van der Waals surface area contributed by atoms with Crippen molar-refractivity contribution in [3.05, 3.63) is 41.6 Å². The molecule has 2 unspecified atom stereocenters. The molecule has 25 heavy (non-hydrogen) atoms. The second-order valence-electron chi connectivity index (χ2n) is 6.43. The standard InChI is InChI=1S/C19H21N3O2S/c1-3-7-14-16(18(23)24-4-2)19(13-10-20-22-17(13)21-14)11-25-15-9-6-5-8-12(15)19/h5-6,8-10,16H,3-4,7,11H2,1-2H3,(H,20,22). The van der Waals surface area contributed by atoms with E-state index in [1.54, 1.807) is 11.8 Å². The lowest BCUT2D eigenvalue weighted by Crippen LogP contribution is -2.48. The molecule has 1 aromatic carbocycles. The van der Waals surface area contributed by atoms with Crippen molar-refractivity contribution in [2.75, 3.05) is 12.4 Å². The Hall–Kier alpha value is -2.08. The van der Waals surface area contributed by atoms with E-state index >= 15 is 0 Å². The van der Waals surface area contributed by atoms with Crippen molar-refractivity contribution in [2.24, 2.45) is 10.9 Å². The topological polar surface area (TPSA) is 67.3 Å². The number of hydrogen-bond donors (Lipinski definition) is 1. The van der Waals surface area contributed by atoms with Gasteiger partial charge in [0.15, 0.2) is 5.82 Å². The molecule has 2 aliphatic rings. The first-order valence-electron chi connectivity index (χ1n) is 8.72. The van der Waals surface area contributed by atoms with Gasteiger partial charge in [0, 0.05) is 21.9 Å². The summed E-state index contributed by atoms with van der Waals surface area (Å²) in [5.74, 6) is 0.999. The molecule has 130 valence electrons. The van der Waals surface area contributed by atoms with Gasteiger partial charge in [0.25, 0.3) is 0 Å². The second kappa shape index (κ2) is 6.33. The number of nitrogens with zero attached hydrogens (tertiary/aromatic N) is 2. The van der Waals surface area contributed by atoms with Gasteiger partial charge >= 0.3 is 5.97 Å². The lowest BCUT2D eigenvalue weighted by Gasteiger charge is -2.39. The number of fused-ring (bicyclic) bond motifs is 4. The highest BCUT2D eigenvalue weighted by Gasteiger charge is 2.56. The van der Waals surface area contributed by atoms with E-state index < -0.39 is 11.3 Å². The average molecular weight is 355 g/mol. The molecule has 1 spiro atoms. The minimum atomic E-state index is -0.456. The number of rotatable bonds is 4. The lowest BCUT2D eigenvalue weighted by atomic mass is 9.64. The third-order valence-electron chi connectivity index (χ3n) is 5.03. The number of benzene rings is 1. The van der Waals surface area contributed by atoms with E-state index in [1.165, 1.54) is 10.5 Å². The highest BCUT2D eigenvalue weighted by Crippen LogP contribution is 2.56. The Morgan fingerprint density at radius 3 is 3.00 bits per heavy atom. The fraction of sp³-hybridized carbons (Fsp3) is 0.421. The molecule has 6 heteroatoms. The van der Waals surface area contributed by atoms with Gasteiger partial charge in [0.2, 0.25) is 0 Å². The number of H-pyrrole nitrogens is 1. The fourth-order valence-electron chi connectivity index (χ4n) is 4.05. The summed E-state index contributed by atoms with van der Waals surface area (Å²) in [6, 6.07) is 8.35. The molecule has 5 nitrogen and oxygen atoms in total. The average Bonchev–Trinajstić information content (AvgIpc) is 3.22. The number of aromatic nitrogens is 2. The third kappa shape index (κ3) is 2.34. The van der Waals surface area contributed by atoms with Gasteiger partial charge in [-0.05, 0) is 25.0 Å². The summed E-state index contributed by atoms with van der Waals surface area (Å²) in [7, 11) is 0. The zero-order chi connectivity index (χ0) is 17.4. The molecule has 3 heterocycles. The molecule has 2 aliphatic heterocycles. The van der Waals surface area contributed by atoms with Gasteiger partial charge in [0.05, 0.1) is 18.2 Å². The minimum absolute atomic E-state index is 0.182. The van der Waals surface area contributed by atoms with Crippen LogP contribution in [0.1, 0.15) is 37.8 Å². The number of ether oxygens (including phenoxy) is 1. The maximum absolute atomic E-state index is 13.0. The van der Waals surface area contributed by atoms with Gasteiger partial charge in [-0.3, -0.25) is 9.89 Å². The van der Waals surface area contributed by atoms with Crippen LogP contribution < -0.4 is 0 Å². The molecule has 0 saturated carbocycles. The summed E-state index contributed by atoms with van der Waals surface area (Å²) in [5.41, 5.74) is 2.63. The van der Waals surface area contributed by atoms with Gasteiger partial charge in [0.1, 0.15) is 5.92 Å². The number of hydrogen-bond acceptors (Lipinski definition) is 5. The number of carbonyl (C=O) groups is 1. The maximum Gasteiger partial charge on any atom is 0.315 e. The van der Waals surface area contributed by atoms with Crippen LogP contribution in [0.3, 0.4) is 0 Å². The van der Waals surface area contributed by atoms with Crippen molar-refractivity contribution >= 4 is 29.3 Å². The predicted octanol–water partition coefficient (Wildman–Crippen LogP) is 3.87. The normalized spacial score (nSPS) is 23.9. The van der Waals surface area contributed by atoms with E-state index in [2.05, 4.69) is 29.3 Å². The fourth-order valence-corrected chi connectivity index (χ4v) is 5.49. The van der Waals surface area contributed by atoms with Crippen molar-refractivity contribution < 1.29 is 9.53 Å². The van der Waals surface area contributed by atoms with Crippen molar-refractivity contribution in [3.8, 4) is 0 Å². The van der Waals surface area contributed by atoms with E-state index in [0.29, 0.717) is 6.61 Å². The molecule has 0 saturated heterocycles. The Kier molecular flexibility index (Phi) is 4.15. The molecule has 0 radical (unpaired) electrons. The third-order valence-corrected chi connectivity index (χ3v) is 6.30. The van der Waals surface area contributed by atoms with E-state index in [-0.39, 0.29) is 5.97 Å².